The molecule has 3 aromatic carbocycles. The van der Waals surface area contributed by atoms with E-state index in [1.54, 1.807) is 12.1 Å². The van der Waals surface area contributed by atoms with Gasteiger partial charge >= 0.3 is 12.1 Å². The topological polar surface area (TPSA) is 534 Å². The lowest BCUT2D eigenvalue weighted by Crippen LogP contribution is -2.59. The van der Waals surface area contributed by atoms with E-state index in [-0.39, 0.29) is 89.4 Å². The number of ether oxygens (including phenoxy) is 1. The molecule has 0 radical (unpaired) electrons. The molecule has 1 aliphatic rings. The van der Waals surface area contributed by atoms with Crippen molar-refractivity contribution in [1.82, 2.24) is 58.5 Å². The summed E-state index contributed by atoms with van der Waals surface area (Å²) in [6.07, 6.45) is 1.70. The van der Waals surface area contributed by atoms with Gasteiger partial charge in [0.05, 0.1) is 0 Å². The zero-order valence-corrected chi connectivity index (χ0v) is 57.5. The Morgan fingerprint density at radius 2 is 0.700 bits per heavy atom. The monoisotopic (exact) mass is 1400 g/mol. The Morgan fingerprint density at radius 1 is 0.390 bits per heavy atom. The van der Waals surface area contributed by atoms with Crippen molar-refractivity contribution in [2.75, 3.05) is 32.8 Å². The Kier molecular flexibility index (Phi) is 35.4. The molecule has 0 saturated carbocycles. The number of phenolic OH excluding ortho intramolecular Hbond substituents is 1. The zero-order valence-electron chi connectivity index (χ0n) is 57.5. The predicted molar refractivity (Wildman–Crippen MR) is 369 cm³/mol. The van der Waals surface area contributed by atoms with Crippen LogP contribution in [0.5, 0.6) is 5.75 Å². The predicted octanol–water partition coefficient (Wildman–Crippen LogP) is -1.34. The van der Waals surface area contributed by atoms with Crippen molar-refractivity contribution in [3.63, 3.8) is 0 Å². The van der Waals surface area contributed by atoms with E-state index in [2.05, 4.69) is 58.5 Å². The molecule has 4 rings (SSSR count). The highest BCUT2D eigenvalue weighted by Gasteiger charge is 2.35. The van der Waals surface area contributed by atoms with E-state index in [0.29, 0.717) is 56.9 Å². The number of nitrogens with one attached hydrogen (secondary N) is 11. The summed E-state index contributed by atoms with van der Waals surface area (Å²) >= 11 is 0. The third-order valence-electron chi connectivity index (χ3n) is 16.7. The number of unbranched alkanes of at least 4 members (excludes halogenated alkanes) is 4. The van der Waals surface area contributed by atoms with Crippen molar-refractivity contribution in [2.24, 2.45) is 28.7 Å². The second-order valence-electron chi connectivity index (χ2n) is 24.8. The van der Waals surface area contributed by atoms with Crippen molar-refractivity contribution < 1.29 is 77.3 Å². The van der Waals surface area contributed by atoms with Gasteiger partial charge in [-0.05, 0) is 184 Å². The summed E-state index contributed by atoms with van der Waals surface area (Å²) in [5, 5.41) is 47.5. The minimum atomic E-state index is -1.49. The van der Waals surface area contributed by atoms with Crippen LogP contribution in [0.4, 0.5) is 4.79 Å². The summed E-state index contributed by atoms with van der Waals surface area (Å²) in [5.41, 5.74) is 32.6. The lowest BCUT2D eigenvalue weighted by Gasteiger charge is -2.26. The number of hydrogen-bond donors (Lipinski definition) is 18. The van der Waals surface area contributed by atoms with Crippen molar-refractivity contribution in [1.29, 1.82) is 0 Å². The van der Waals surface area contributed by atoms with E-state index in [9.17, 15) is 72.5 Å². The number of carbonyl (C=O) groups is 13. The number of amides is 12. The highest BCUT2D eigenvalue weighted by molar-refractivity contribution is 5.99. The summed E-state index contributed by atoms with van der Waals surface area (Å²) < 4.78 is 5.75. The summed E-state index contributed by atoms with van der Waals surface area (Å²) in [5.74, 6) is -10.7. The maximum Gasteiger partial charge on any atom is 0.407 e. The molecule has 550 valence electrons. The number of nitrogens with two attached hydrogens (primary N) is 5. The average Bonchev–Trinajstić information content (AvgIpc) is 1.62. The lowest BCUT2D eigenvalue weighted by molar-refractivity contribution is -0.142. The smallest absolute Gasteiger partial charge is 0.407 e. The Hall–Kier alpha value is -9.79. The van der Waals surface area contributed by atoms with E-state index in [1.165, 1.54) is 46.8 Å². The Labute approximate surface area is 581 Å². The van der Waals surface area contributed by atoms with Crippen LogP contribution in [0.25, 0.3) is 11.1 Å². The number of carbonyl (C=O) groups excluding carboxylic acids is 12. The molecule has 32 nitrogen and oxygen atoms in total. The molecular formula is C68H102N16O16. The van der Waals surface area contributed by atoms with Gasteiger partial charge in [0.25, 0.3) is 0 Å². The maximum atomic E-state index is 14.1. The number of aliphatic carboxylic acids is 1. The first-order valence-corrected chi connectivity index (χ1v) is 33.9. The fourth-order valence-corrected chi connectivity index (χ4v) is 10.8. The standard InChI is InChI=1S/C68H102N16O16/c1-38(57(87)79-51(23-11-15-33-70)63(93)75-40(3)59(89)81-53(25-13-17-35-72)65(95)77-42(5)61(91)83-54(67(97)98)30-31-56(73)86)74-62(92)50(22-10-14-32-69)80-58(88)39(2)76-64(94)52(24-12-16-34-71)82-60(90)41(4)78-66(96)55(36-43-26-28-44(85)29-27-43)84-68(99)100-37-49-47-20-8-6-18-45(47)46-19-7-9-21-48(46)49/h6-9,18-21,26-29,38-42,49-55,85H,10-17,22-25,30-37,69-72H2,1-5H3,(H2,73,86)(H,74,92)(H,75,93)(H,76,94)(H,77,95)(H,78,96)(H,79,87)(H,80,88)(H,81,89)(H,82,90)(H,83,91)(H,84,99)(H,97,98)/t38-,39-,40-,41-,42-,50+,51+,52+,53+,54+,55+/m1/s1. The second-order valence-corrected chi connectivity index (χ2v) is 24.8. The van der Waals surface area contributed by atoms with E-state index in [4.69, 9.17) is 33.4 Å². The molecule has 12 amide bonds. The molecule has 0 heterocycles. The number of hydrogen-bond acceptors (Lipinski definition) is 19. The number of carboxylic acids is 1. The summed E-state index contributed by atoms with van der Waals surface area (Å²) in [6.45, 7) is 7.60. The van der Waals surface area contributed by atoms with E-state index < -0.39 is 144 Å². The highest BCUT2D eigenvalue weighted by Crippen LogP contribution is 2.44. The van der Waals surface area contributed by atoms with Crippen LogP contribution >= 0.6 is 0 Å². The van der Waals surface area contributed by atoms with Crippen LogP contribution in [0.2, 0.25) is 0 Å². The molecule has 0 fully saturated rings. The number of fused-ring (bicyclic) bond motifs is 3. The number of alkyl carbamates (subject to hydrolysis) is 1. The molecule has 0 aliphatic heterocycles. The fraction of sp³-hybridized carbons (Fsp3) is 0.544. The molecule has 23 N–H and O–H groups in total. The number of benzene rings is 3. The van der Waals surface area contributed by atoms with Crippen LogP contribution in [0.3, 0.4) is 0 Å². The van der Waals surface area contributed by atoms with E-state index in [1.807, 2.05) is 48.5 Å². The normalized spacial score (nSPS) is 14.8. The van der Waals surface area contributed by atoms with Crippen LogP contribution < -0.4 is 87.2 Å². The fourth-order valence-electron chi connectivity index (χ4n) is 10.8. The molecule has 32 heteroatoms. The zero-order chi connectivity index (χ0) is 74.0. The van der Waals surface area contributed by atoms with Crippen molar-refractivity contribution in [3.05, 3.63) is 89.5 Å². The van der Waals surface area contributed by atoms with Gasteiger partial charge in [-0.15, -0.1) is 0 Å². The van der Waals surface area contributed by atoms with Crippen molar-refractivity contribution >= 4 is 77.0 Å². The molecule has 0 bridgehead atoms. The number of rotatable bonds is 45. The molecule has 0 aromatic heterocycles. The van der Waals surface area contributed by atoms with Crippen LogP contribution in [-0.4, -0.2) is 187 Å². The van der Waals surface area contributed by atoms with Gasteiger partial charge in [0.1, 0.15) is 78.8 Å². The van der Waals surface area contributed by atoms with Crippen LogP contribution in [0.15, 0.2) is 72.8 Å². The SMILES string of the molecule is C[C@@H](NC(=O)[C@H](CCCCN)NC(=O)[C@@H](C)NC(=O)[C@H](CCCCN)NC(=O)[C@@H](C)NC(=O)[C@H](CCCCN)NC(=O)[C@@H](C)NC(=O)[C@H](CCCCN)NC(=O)[C@@H](C)NC(=O)[C@H](Cc1ccc(O)cc1)NC(=O)OCC1c2ccccc2-c2ccccc21)C(=O)N[C@@H](CCC(N)=O)C(=O)O. The summed E-state index contributed by atoms with van der Waals surface area (Å²) in [7, 11) is 0. The molecule has 1 aliphatic carbocycles. The molecular weight excluding hydrogens is 1300 g/mol. The quantitative estimate of drug-likeness (QED) is 0.0291. The van der Waals surface area contributed by atoms with Crippen LogP contribution in [0.1, 0.15) is 147 Å². The largest absolute Gasteiger partial charge is 0.508 e. The average molecular weight is 1400 g/mol. The van der Waals surface area contributed by atoms with Gasteiger partial charge in [0.2, 0.25) is 65.0 Å². The number of carboxylic acid groups (broad SMARTS) is 1. The van der Waals surface area contributed by atoms with Crippen molar-refractivity contribution in [3.8, 4) is 16.9 Å². The minimum Gasteiger partial charge on any atom is -0.508 e. The summed E-state index contributed by atoms with van der Waals surface area (Å²) in [6, 6.07) is 7.08. The van der Waals surface area contributed by atoms with Crippen LogP contribution in [-0.2, 0) is 68.7 Å². The third kappa shape index (κ3) is 27.5. The lowest BCUT2D eigenvalue weighted by atomic mass is 9.98. The van der Waals surface area contributed by atoms with Gasteiger partial charge in [-0.3, -0.25) is 52.7 Å². The number of phenols is 1. The third-order valence-corrected chi connectivity index (χ3v) is 16.7. The first-order chi connectivity index (χ1) is 47.6. The van der Waals surface area contributed by atoms with E-state index in [0.717, 1.165) is 22.3 Å². The Bertz CT molecular complexity index is 3220. The minimum absolute atomic E-state index is 0.0273. The van der Waals surface area contributed by atoms with Crippen LogP contribution in [0, 0.1) is 0 Å². The number of primary amides is 1. The van der Waals surface area contributed by atoms with Gasteiger partial charge in [0.15, 0.2) is 0 Å². The first-order valence-electron chi connectivity index (χ1n) is 33.9. The maximum absolute atomic E-state index is 14.1. The van der Waals surface area contributed by atoms with Crippen molar-refractivity contribution in [2.45, 2.75) is 203 Å². The molecule has 3 aromatic rings. The molecule has 0 spiro atoms. The van der Waals surface area contributed by atoms with Gasteiger partial charge in [-0.1, -0.05) is 60.7 Å². The Balaban J connectivity index is 1.39. The van der Waals surface area contributed by atoms with E-state index >= 15 is 0 Å². The first kappa shape index (κ1) is 82.6. The molecule has 0 unspecified atom stereocenters. The Morgan fingerprint density at radius 3 is 1.01 bits per heavy atom. The molecule has 0 saturated heterocycles. The van der Waals surface area contributed by atoms with Gasteiger partial charge in [-0.25, -0.2) is 9.59 Å². The summed E-state index contributed by atoms with van der Waals surface area (Å²) in [4.78, 5) is 174. The van der Waals surface area contributed by atoms with Gasteiger partial charge in [0, 0.05) is 18.8 Å². The second kappa shape index (κ2) is 42.9. The number of aromatic hydroxyl groups is 1. The van der Waals surface area contributed by atoms with Gasteiger partial charge < -0.3 is 102 Å². The highest BCUT2D eigenvalue weighted by atomic mass is 16.5. The molecule has 100 heavy (non-hydrogen) atoms. The molecule has 11 atom stereocenters. The van der Waals surface area contributed by atoms with Gasteiger partial charge in [-0.2, -0.15) is 0 Å².